The number of likely N-dealkylation sites (tertiary alicyclic amines) is 1. The Morgan fingerprint density at radius 1 is 1.05 bits per heavy atom. The maximum Gasteiger partial charge on any atom is 0.416 e. The van der Waals surface area contributed by atoms with Crippen LogP contribution in [-0.2, 0) is 10.9 Å². The van der Waals surface area contributed by atoms with Gasteiger partial charge in [0.25, 0.3) is 5.91 Å². The molecule has 1 amide bonds. The number of hydrogen-bond acceptors (Lipinski definition) is 6. The lowest BCUT2D eigenvalue weighted by Crippen LogP contribution is -2.62. The molecule has 2 atom stereocenters. The summed E-state index contributed by atoms with van der Waals surface area (Å²) in [4.78, 5) is 28.9. The van der Waals surface area contributed by atoms with Crippen molar-refractivity contribution in [2.45, 2.75) is 71.3 Å². The Hall–Kier alpha value is -2.56. The second-order valence-electron chi connectivity index (χ2n) is 11.2. The number of piperidine rings is 1. The molecule has 1 aromatic carbocycles. The van der Waals surface area contributed by atoms with Crippen LogP contribution in [0.15, 0.2) is 24.3 Å². The van der Waals surface area contributed by atoms with Gasteiger partial charge in [-0.05, 0) is 65.2 Å². The molecule has 0 N–H and O–H groups in total. The quantitative estimate of drug-likeness (QED) is 0.518. The maximum atomic E-state index is 13.3. The van der Waals surface area contributed by atoms with E-state index < -0.39 is 11.7 Å². The van der Waals surface area contributed by atoms with Crippen LogP contribution in [0.2, 0.25) is 0 Å². The number of alkyl halides is 3. The molecule has 2 aliphatic rings. The van der Waals surface area contributed by atoms with Gasteiger partial charge in [-0.25, -0.2) is 9.97 Å². The van der Waals surface area contributed by atoms with Gasteiger partial charge in [0.1, 0.15) is 5.82 Å². The average molecular weight is 548 g/mol. The highest BCUT2D eigenvalue weighted by Crippen LogP contribution is 2.35. The molecule has 3 heterocycles. The summed E-state index contributed by atoms with van der Waals surface area (Å²) in [6.07, 6.45) is -2.61. The van der Waals surface area contributed by atoms with Crippen molar-refractivity contribution in [3.8, 4) is 0 Å². The Labute approximate surface area is 229 Å². The summed E-state index contributed by atoms with van der Waals surface area (Å²) in [5.74, 6) is 0.677. The first-order valence-corrected chi connectivity index (χ1v) is 13.6. The van der Waals surface area contributed by atoms with Gasteiger partial charge >= 0.3 is 6.18 Å². The zero-order chi connectivity index (χ0) is 28.5. The van der Waals surface area contributed by atoms with E-state index in [2.05, 4.69) is 33.6 Å². The predicted octanol–water partition coefficient (Wildman–Crippen LogP) is 4.81. The fraction of sp³-hybridized carbons (Fsp3) is 0.621. The Morgan fingerprint density at radius 3 is 2.15 bits per heavy atom. The summed E-state index contributed by atoms with van der Waals surface area (Å²) >= 11 is 0. The van der Waals surface area contributed by atoms with Gasteiger partial charge in [0.05, 0.1) is 35.2 Å². The molecular weight excluding hydrogens is 507 g/mol. The van der Waals surface area contributed by atoms with E-state index in [1.807, 2.05) is 25.7 Å². The minimum atomic E-state index is -4.35. The van der Waals surface area contributed by atoms with Gasteiger partial charge in [-0.3, -0.25) is 14.6 Å². The second kappa shape index (κ2) is 11.5. The SMILES string of the molecule is COC[C@@H](c1ccc(C(F)(F)F)cc1)N1CCN(C2(C)CCN(C(=O)c3c(C)nc(C)nc3C)CC2)C[C@@H]1C. The number of ether oxygens (including phenoxy) is 1. The lowest BCUT2D eigenvalue weighted by molar-refractivity contribution is -0.137. The number of aromatic nitrogens is 2. The monoisotopic (exact) mass is 547 g/mol. The van der Waals surface area contributed by atoms with Crippen LogP contribution >= 0.6 is 0 Å². The number of amides is 1. The zero-order valence-electron chi connectivity index (χ0n) is 23.8. The zero-order valence-corrected chi connectivity index (χ0v) is 23.8. The predicted molar refractivity (Wildman–Crippen MR) is 144 cm³/mol. The van der Waals surface area contributed by atoms with Crippen molar-refractivity contribution in [2.24, 2.45) is 0 Å². The van der Waals surface area contributed by atoms with Crippen molar-refractivity contribution < 1.29 is 22.7 Å². The fourth-order valence-electron chi connectivity index (χ4n) is 6.22. The van der Waals surface area contributed by atoms with Crippen molar-refractivity contribution in [1.29, 1.82) is 0 Å². The summed E-state index contributed by atoms with van der Waals surface area (Å²) in [5, 5.41) is 0. The lowest BCUT2D eigenvalue weighted by atomic mass is 9.86. The molecule has 4 rings (SSSR count). The molecule has 39 heavy (non-hydrogen) atoms. The van der Waals surface area contributed by atoms with Gasteiger partial charge in [-0.2, -0.15) is 13.2 Å². The molecule has 10 heteroatoms. The minimum Gasteiger partial charge on any atom is -0.383 e. The Kier molecular flexibility index (Phi) is 8.68. The number of rotatable bonds is 6. The standard InChI is InChI=1S/C29H40F3N5O2/c1-19-17-36(15-16-37(19)25(18-39-6)23-7-9-24(10-8-23)29(30,31)32)28(5)11-13-35(14-12-28)27(38)26-20(2)33-22(4)34-21(26)3/h7-10,19,25H,11-18H2,1-6H3/t19-,25-/m0/s1. The Bertz CT molecular complexity index is 1140. The van der Waals surface area contributed by atoms with E-state index in [0.29, 0.717) is 31.1 Å². The first kappa shape index (κ1) is 29.4. The smallest absolute Gasteiger partial charge is 0.383 e. The van der Waals surface area contributed by atoms with Crippen LogP contribution in [0, 0.1) is 20.8 Å². The topological polar surface area (TPSA) is 61.8 Å². The molecular formula is C29H40F3N5O2. The Morgan fingerprint density at radius 2 is 1.64 bits per heavy atom. The van der Waals surface area contributed by atoms with E-state index >= 15 is 0 Å². The van der Waals surface area contributed by atoms with E-state index in [1.54, 1.807) is 19.2 Å². The number of nitrogens with zero attached hydrogens (tertiary/aromatic N) is 5. The third-order valence-electron chi connectivity index (χ3n) is 8.51. The van der Waals surface area contributed by atoms with Crippen LogP contribution in [0.1, 0.15) is 71.4 Å². The van der Waals surface area contributed by atoms with Crippen LogP contribution in [0.3, 0.4) is 0 Å². The van der Waals surface area contributed by atoms with Gasteiger partial charge in [0.2, 0.25) is 0 Å². The minimum absolute atomic E-state index is 0.00388. The molecule has 0 saturated carbocycles. The van der Waals surface area contributed by atoms with Crippen molar-refractivity contribution in [1.82, 2.24) is 24.7 Å². The molecule has 0 radical (unpaired) electrons. The molecule has 2 aromatic rings. The molecule has 1 aromatic heterocycles. The first-order valence-electron chi connectivity index (χ1n) is 13.6. The summed E-state index contributed by atoms with van der Waals surface area (Å²) in [6, 6.07) is 5.52. The molecule has 7 nitrogen and oxygen atoms in total. The van der Waals surface area contributed by atoms with Crippen molar-refractivity contribution in [3.05, 3.63) is 58.2 Å². The summed E-state index contributed by atoms with van der Waals surface area (Å²) in [6.45, 7) is 14.3. The number of benzene rings is 1. The largest absolute Gasteiger partial charge is 0.416 e. The van der Waals surface area contributed by atoms with Crippen LogP contribution in [0.5, 0.6) is 0 Å². The van der Waals surface area contributed by atoms with Gasteiger partial charge in [-0.15, -0.1) is 0 Å². The van der Waals surface area contributed by atoms with Crippen LogP contribution in [0.25, 0.3) is 0 Å². The highest BCUT2D eigenvalue weighted by Gasteiger charge is 2.41. The van der Waals surface area contributed by atoms with Crippen molar-refractivity contribution in [3.63, 3.8) is 0 Å². The Balaban J connectivity index is 1.40. The molecule has 2 aliphatic heterocycles. The number of carbonyl (C=O) groups excluding carboxylic acids is 1. The molecule has 0 aliphatic carbocycles. The normalized spacial score (nSPS) is 21.7. The summed E-state index contributed by atoms with van der Waals surface area (Å²) in [5.41, 5.74) is 2.21. The second-order valence-corrected chi connectivity index (χ2v) is 11.2. The number of methoxy groups -OCH3 is 1. The number of piperazine rings is 1. The number of halogens is 3. The highest BCUT2D eigenvalue weighted by molar-refractivity contribution is 5.96. The molecule has 214 valence electrons. The van der Waals surface area contributed by atoms with Gasteiger partial charge in [0, 0.05) is 51.4 Å². The number of aryl methyl sites for hydroxylation is 3. The van der Waals surface area contributed by atoms with Crippen molar-refractivity contribution >= 4 is 5.91 Å². The highest BCUT2D eigenvalue weighted by atomic mass is 19.4. The third kappa shape index (κ3) is 6.28. The van der Waals surface area contributed by atoms with E-state index in [1.165, 1.54) is 0 Å². The van der Waals surface area contributed by atoms with E-state index in [9.17, 15) is 18.0 Å². The molecule has 0 bridgehead atoms. The summed E-state index contributed by atoms with van der Waals surface area (Å²) in [7, 11) is 1.62. The maximum absolute atomic E-state index is 13.3. The lowest BCUT2D eigenvalue weighted by Gasteiger charge is -2.52. The molecule has 2 fully saturated rings. The third-order valence-corrected chi connectivity index (χ3v) is 8.51. The van der Waals surface area contributed by atoms with Gasteiger partial charge in [0.15, 0.2) is 0 Å². The van der Waals surface area contributed by atoms with E-state index in [0.717, 1.165) is 61.6 Å². The number of carbonyl (C=O) groups is 1. The van der Waals surface area contributed by atoms with Gasteiger partial charge in [-0.1, -0.05) is 12.1 Å². The summed E-state index contributed by atoms with van der Waals surface area (Å²) < 4.78 is 44.7. The van der Waals surface area contributed by atoms with E-state index in [4.69, 9.17) is 4.74 Å². The van der Waals surface area contributed by atoms with E-state index in [-0.39, 0.29) is 23.5 Å². The number of hydrogen-bond donors (Lipinski definition) is 0. The fourth-order valence-corrected chi connectivity index (χ4v) is 6.22. The van der Waals surface area contributed by atoms with Crippen molar-refractivity contribution in [2.75, 3.05) is 46.4 Å². The van der Waals surface area contributed by atoms with Gasteiger partial charge < -0.3 is 9.64 Å². The first-order chi connectivity index (χ1) is 18.3. The molecule has 2 saturated heterocycles. The molecule has 0 spiro atoms. The van der Waals surface area contributed by atoms with Crippen LogP contribution < -0.4 is 0 Å². The van der Waals surface area contributed by atoms with Crippen LogP contribution in [-0.4, -0.2) is 88.6 Å². The van der Waals surface area contributed by atoms with Crippen LogP contribution in [0.4, 0.5) is 13.2 Å². The molecule has 0 unspecified atom stereocenters. The average Bonchev–Trinajstić information content (AvgIpc) is 2.87.